The van der Waals surface area contributed by atoms with Crippen LogP contribution in [0.3, 0.4) is 0 Å². The van der Waals surface area contributed by atoms with Gasteiger partial charge in [0.1, 0.15) is 0 Å². The monoisotopic (exact) mass is 629 g/mol. The Bertz CT molecular complexity index is 1300. The standard InChI is InChI=1S/C30H37ClF5N5O2/c1-18(2)13-22-17-41(12-11-40(22)10-8-30(34,35)36)25-14-21(31)4-6-24(25)39-29(43)23-5-3-19(26(32)27(23)33)16-38-28(42)20-7-9-37-15-20/h3-6,14,18,20,22,37H,7-13,15-17H2,1-2H3,(H,38,42)(H,39,43)/t20?,22-/m0/s1. The molecular weight excluding hydrogens is 593 g/mol. The number of nitrogens with one attached hydrogen (secondary N) is 3. The highest BCUT2D eigenvalue weighted by Gasteiger charge is 2.33. The molecule has 0 spiro atoms. The second-order valence-corrected chi connectivity index (χ2v) is 12.0. The Morgan fingerprint density at radius 2 is 1.88 bits per heavy atom. The second-order valence-electron chi connectivity index (χ2n) is 11.6. The van der Waals surface area contributed by atoms with Crippen molar-refractivity contribution in [3.63, 3.8) is 0 Å². The van der Waals surface area contributed by atoms with Gasteiger partial charge in [-0.3, -0.25) is 14.5 Å². The quantitative estimate of drug-likeness (QED) is 0.299. The number of nitrogens with zero attached hydrogens (tertiary/aromatic N) is 2. The van der Waals surface area contributed by atoms with E-state index in [9.17, 15) is 27.2 Å². The van der Waals surface area contributed by atoms with Crippen LogP contribution in [-0.4, -0.2) is 68.2 Å². The predicted molar refractivity (Wildman–Crippen MR) is 156 cm³/mol. The molecule has 2 aliphatic rings. The van der Waals surface area contributed by atoms with Gasteiger partial charge in [-0.2, -0.15) is 13.2 Å². The van der Waals surface area contributed by atoms with Crippen molar-refractivity contribution in [2.75, 3.05) is 49.5 Å². The molecule has 0 saturated carbocycles. The Hall–Kier alpha value is -2.96. The summed E-state index contributed by atoms with van der Waals surface area (Å²) in [5.41, 5.74) is 0.248. The van der Waals surface area contributed by atoms with Gasteiger partial charge in [0, 0.05) is 55.9 Å². The average molecular weight is 630 g/mol. The molecule has 2 aromatic carbocycles. The molecule has 7 nitrogen and oxygen atoms in total. The first-order valence-electron chi connectivity index (χ1n) is 14.4. The lowest BCUT2D eigenvalue weighted by atomic mass is 9.99. The molecule has 2 heterocycles. The van der Waals surface area contributed by atoms with Crippen molar-refractivity contribution in [3.8, 4) is 0 Å². The maximum absolute atomic E-state index is 15.1. The van der Waals surface area contributed by atoms with Gasteiger partial charge in [0.05, 0.1) is 29.3 Å². The summed E-state index contributed by atoms with van der Waals surface area (Å²) in [6, 6.07) is 7.01. The molecule has 2 saturated heterocycles. The zero-order valence-corrected chi connectivity index (χ0v) is 24.9. The zero-order chi connectivity index (χ0) is 31.3. The molecule has 0 aromatic heterocycles. The van der Waals surface area contributed by atoms with E-state index in [4.69, 9.17) is 11.6 Å². The molecule has 3 N–H and O–H groups in total. The molecule has 2 amide bonds. The number of amides is 2. The molecule has 13 heteroatoms. The van der Waals surface area contributed by atoms with Crippen molar-refractivity contribution >= 4 is 34.8 Å². The minimum absolute atomic E-state index is 0.0832. The average Bonchev–Trinajstić information content (AvgIpc) is 3.48. The maximum Gasteiger partial charge on any atom is 0.390 e. The lowest BCUT2D eigenvalue weighted by Gasteiger charge is -2.43. The highest BCUT2D eigenvalue weighted by molar-refractivity contribution is 6.31. The van der Waals surface area contributed by atoms with Gasteiger partial charge in [-0.25, -0.2) is 8.78 Å². The van der Waals surface area contributed by atoms with E-state index in [-0.39, 0.29) is 42.4 Å². The molecular formula is C30H37ClF5N5O2. The van der Waals surface area contributed by atoms with Crippen molar-refractivity contribution in [1.29, 1.82) is 0 Å². The van der Waals surface area contributed by atoms with Gasteiger partial charge < -0.3 is 20.9 Å². The van der Waals surface area contributed by atoms with Crippen molar-refractivity contribution < 1.29 is 31.5 Å². The van der Waals surface area contributed by atoms with Crippen molar-refractivity contribution in [1.82, 2.24) is 15.5 Å². The number of hydrogen-bond acceptors (Lipinski definition) is 5. The molecule has 4 rings (SSSR count). The zero-order valence-electron chi connectivity index (χ0n) is 24.2. The molecule has 2 aliphatic heterocycles. The fraction of sp³-hybridized carbons (Fsp3) is 0.533. The Kier molecular flexibility index (Phi) is 10.9. The summed E-state index contributed by atoms with van der Waals surface area (Å²) in [5, 5.41) is 8.72. The van der Waals surface area contributed by atoms with Crippen LogP contribution < -0.4 is 20.9 Å². The lowest BCUT2D eigenvalue weighted by molar-refractivity contribution is -0.139. The van der Waals surface area contributed by atoms with Crippen LogP contribution in [-0.2, 0) is 11.3 Å². The normalized spacial score (nSPS) is 19.6. The van der Waals surface area contributed by atoms with Crippen LogP contribution in [0.4, 0.5) is 33.3 Å². The molecule has 2 fully saturated rings. The summed E-state index contributed by atoms with van der Waals surface area (Å²) < 4.78 is 68.8. The number of piperazine rings is 1. The van der Waals surface area contributed by atoms with Crippen LogP contribution in [0.1, 0.15) is 49.0 Å². The van der Waals surface area contributed by atoms with Gasteiger partial charge in [-0.05, 0) is 49.6 Å². The molecule has 0 radical (unpaired) electrons. The van der Waals surface area contributed by atoms with Crippen LogP contribution in [0.15, 0.2) is 30.3 Å². The summed E-state index contributed by atoms with van der Waals surface area (Å²) in [5.74, 6) is -3.67. The Morgan fingerprint density at radius 1 is 1.12 bits per heavy atom. The fourth-order valence-electron chi connectivity index (χ4n) is 5.61. The van der Waals surface area contributed by atoms with E-state index in [0.29, 0.717) is 55.4 Å². The third-order valence-electron chi connectivity index (χ3n) is 7.87. The Morgan fingerprint density at radius 3 is 2.56 bits per heavy atom. The highest BCUT2D eigenvalue weighted by Crippen LogP contribution is 2.33. The van der Waals surface area contributed by atoms with E-state index in [1.54, 1.807) is 18.2 Å². The maximum atomic E-state index is 15.1. The van der Waals surface area contributed by atoms with E-state index in [1.807, 2.05) is 23.6 Å². The topological polar surface area (TPSA) is 76.7 Å². The van der Waals surface area contributed by atoms with Gasteiger partial charge >= 0.3 is 6.18 Å². The number of rotatable bonds is 10. The highest BCUT2D eigenvalue weighted by atomic mass is 35.5. The van der Waals surface area contributed by atoms with Crippen LogP contribution >= 0.6 is 11.6 Å². The SMILES string of the molecule is CC(C)C[C@H]1CN(c2cc(Cl)ccc2NC(=O)c2ccc(CNC(=O)C3CCNC3)c(F)c2F)CCN1CCC(F)(F)F. The summed E-state index contributed by atoms with van der Waals surface area (Å²) in [6.07, 6.45) is -3.81. The molecule has 2 atom stereocenters. The van der Waals surface area contributed by atoms with Crippen molar-refractivity contribution in [2.45, 2.75) is 51.9 Å². The number of benzene rings is 2. The Labute approximate surface area is 253 Å². The van der Waals surface area contributed by atoms with E-state index >= 15 is 4.39 Å². The summed E-state index contributed by atoms with van der Waals surface area (Å²) in [7, 11) is 0. The molecule has 43 heavy (non-hydrogen) atoms. The molecule has 236 valence electrons. The largest absolute Gasteiger partial charge is 0.390 e. The number of carbonyl (C=O) groups excluding carboxylic acids is 2. The number of halogens is 6. The second kappa shape index (κ2) is 14.2. The van der Waals surface area contributed by atoms with E-state index in [0.717, 1.165) is 6.54 Å². The van der Waals surface area contributed by atoms with Crippen LogP contribution in [0.2, 0.25) is 5.02 Å². The van der Waals surface area contributed by atoms with Crippen LogP contribution in [0, 0.1) is 23.5 Å². The van der Waals surface area contributed by atoms with Gasteiger partial charge in [0.25, 0.3) is 5.91 Å². The van der Waals surface area contributed by atoms with E-state index in [1.165, 1.54) is 12.1 Å². The van der Waals surface area contributed by atoms with Gasteiger partial charge in [-0.15, -0.1) is 0 Å². The fourth-order valence-corrected chi connectivity index (χ4v) is 5.78. The van der Waals surface area contributed by atoms with Crippen molar-refractivity contribution in [3.05, 3.63) is 58.1 Å². The number of anilines is 2. The molecule has 0 aliphatic carbocycles. The first kappa shape index (κ1) is 32.9. The minimum Gasteiger partial charge on any atom is -0.367 e. The van der Waals surface area contributed by atoms with Gasteiger partial charge in [-0.1, -0.05) is 31.5 Å². The third-order valence-corrected chi connectivity index (χ3v) is 8.11. The van der Waals surface area contributed by atoms with Gasteiger partial charge in [0.15, 0.2) is 11.6 Å². The van der Waals surface area contributed by atoms with Crippen molar-refractivity contribution in [2.24, 2.45) is 11.8 Å². The predicted octanol–water partition coefficient (Wildman–Crippen LogP) is 5.59. The third kappa shape index (κ3) is 8.79. The van der Waals surface area contributed by atoms with E-state index < -0.39 is 35.7 Å². The van der Waals surface area contributed by atoms with Crippen LogP contribution in [0.25, 0.3) is 0 Å². The minimum atomic E-state index is -4.25. The summed E-state index contributed by atoms with van der Waals surface area (Å²) in [6.45, 7) is 6.11. The first-order valence-corrected chi connectivity index (χ1v) is 14.8. The molecule has 2 aromatic rings. The molecule has 0 bridgehead atoms. The van der Waals surface area contributed by atoms with Crippen LogP contribution in [0.5, 0.6) is 0 Å². The van der Waals surface area contributed by atoms with Gasteiger partial charge in [0.2, 0.25) is 5.91 Å². The molecule has 1 unspecified atom stereocenters. The smallest absolute Gasteiger partial charge is 0.367 e. The number of carbonyl (C=O) groups is 2. The lowest BCUT2D eigenvalue weighted by Crippen LogP contribution is -2.54. The number of hydrogen-bond donors (Lipinski definition) is 3. The number of alkyl halides is 3. The first-order chi connectivity index (χ1) is 20.3. The Balaban J connectivity index is 1.48. The summed E-state index contributed by atoms with van der Waals surface area (Å²) in [4.78, 5) is 29.2. The summed E-state index contributed by atoms with van der Waals surface area (Å²) >= 11 is 6.28. The van der Waals surface area contributed by atoms with E-state index in [2.05, 4.69) is 16.0 Å².